The van der Waals surface area contributed by atoms with Gasteiger partial charge in [0.25, 0.3) is 0 Å². The molecule has 3 N–H and O–H groups in total. The molecular weight excluding hydrogens is 134 g/mol. The number of carboxylic acid groups (broad SMARTS) is 1. The van der Waals surface area contributed by atoms with Crippen molar-refractivity contribution in [3.05, 3.63) is 0 Å². The van der Waals surface area contributed by atoms with Gasteiger partial charge in [-0.25, -0.2) is 5.90 Å². The maximum atomic E-state index is 10.6. The minimum Gasteiger partial charge on any atom is -0.481 e. The van der Waals surface area contributed by atoms with Gasteiger partial charge in [0.2, 0.25) is 0 Å². The Balaban J connectivity index is 2.50. The zero-order valence-corrected chi connectivity index (χ0v) is 5.67. The predicted molar refractivity (Wildman–Crippen MR) is 34.1 cm³/mol. The average molecular weight is 145 g/mol. The van der Waals surface area contributed by atoms with Crippen LogP contribution in [0.2, 0.25) is 0 Å². The summed E-state index contributed by atoms with van der Waals surface area (Å²) in [5.41, 5.74) is -0.658. The molecular formula is C6H11NO3. The lowest BCUT2D eigenvalue weighted by Crippen LogP contribution is -2.42. The Bertz CT molecular complexity index is 142. The summed E-state index contributed by atoms with van der Waals surface area (Å²) in [6.45, 7) is 0.141. The lowest BCUT2D eigenvalue weighted by Gasteiger charge is -2.36. The number of hydrogen-bond donors (Lipinski definition) is 2. The van der Waals surface area contributed by atoms with E-state index in [-0.39, 0.29) is 6.61 Å². The normalized spacial score (nSPS) is 21.7. The van der Waals surface area contributed by atoms with Crippen LogP contribution in [0.15, 0.2) is 0 Å². The summed E-state index contributed by atoms with van der Waals surface area (Å²) in [4.78, 5) is 14.9. The van der Waals surface area contributed by atoms with Crippen LogP contribution in [0.1, 0.15) is 19.3 Å². The predicted octanol–water partition coefficient (Wildman–Crippen LogP) is 0.132. The van der Waals surface area contributed by atoms with Crippen molar-refractivity contribution in [3.8, 4) is 0 Å². The Morgan fingerprint density at radius 1 is 1.70 bits per heavy atom. The van der Waals surface area contributed by atoms with Crippen LogP contribution < -0.4 is 5.90 Å². The first-order chi connectivity index (χ1) is 4.71. The average Bonchev–Trinajstić information content (AvgIpc) is 1.77. The fourth-order valence-corrected chi connectivity index (χ4v) is 1.18. The van der Waals surface area contributed by atoms with Gasteiger partial charge in [-0.2, -0.15) is 0 Å². The molecule has 1 saturated carbocycles. The number of aliphatic carboxylic acids is 1. The summed E-state index contributed by atoms with van der Waals surface area (Å²) >= 11 is 0. The molecule has 0 unspecified atom stereocenters. The second-order valence-electron chi connectivity index (χ2n) is 2.75. The van der Waals surface area contributed by atoms with E-state index in [1.807, 2.05) is 0 Å². The molecule has 10 heavy (non-hydrogen) atoms. The highest BCUT2D eigenvalue weighted by atomic mass is 16.6. The van der Waals surface area contributed by atoms with Crippen molar-refractivity contribution in [1.29, 1.82) is 0 Å². The van der Waals surface area contributed by atoms with Gasteiger partial charge in [-0.05, 0) is 12.8 Å². The highest BCUT2D eigenvalue weighted by Crippen LogP contribution is 2.40. The highest BCUT2D eigenvalue weighted by Gasteiger charge is 2.44. The van der Waals surface area contributed by atoms with Gasteiger partial charge in [0.05, 0.1) is 12.0 Å². The Labute approximate surface area is 58.9 Å². The summed E-state index contributed by atoms with van der Waals surface area (Å²) in [5, 5.41) is 8.68. The van der Waals surface area contributed by atoms with Gasteiger partial charge < -0.3 is 9.94 Å². The molecule has 0 amide bonds. The zero-order valence-electron chi connectivity index (χ0n) is 5.67. The van der Waals surface area contributed by atoms with E-state index in [2.05, 4.69) is 4.84 Å². The first-order valence-corrected chi connectivity index (χ1v) is 3.26. The van der Waals surface area contributed by atoms with Crippen LogP contribution >= 0.6 is 0 Å². The molecule has 1 fully saturated rings. The van der Waals surface area contributed by atoms with Gasteiger partial charge in [0, 0.05) is 0 Å². The molecule has 0 heterocycles. The maximum Gasteiger partial charge on any atom is 0.312 e. The molecule has 0 aliphatic heterocycles. The summed E-state index contributed by atoms with van der Waals surface area (Å²) in [6, 6.07) is 0. The number of carbonyl (C=O) groups is 1. The standard InChI is InChI=1S/C6H11NO3/c7-10-4-6(5(8)9)2-1-3-6/h1-4,7H2,(H,8,9). The minimum atomic E-state index is -0.788. The van der Waals surface area contributed by atoms with Crippen molar-refractivity contribution >= 4 is 5.97 Å². The van der Waals surface area contributed by atoms with Gasteiger partial charge in [-0.1, -0.05) is 6.42 Å². The van der Waals surface area contributed by atoms with E-state index in [9.17, 15) is 4.79 Å². The van der Waals surface area contributed by atoms with Crippen molar-refractivity contribution in [2.45, 2.75) is 19.3 Å². The van der Waals surface area contributed by atoms with Crippen LogP contribution in [0.25, 0.3) is 0 Å². The van der Waals surface area contributed by atoms with Crippen LogP contribution in [0.3, 0.4) is 0 Å². The first kappa shape index (κ1) is 7.50. The lowest BCUT2D eigenvalue weighted by molar-refractivity contribution is -0.160. The van der Waals surface area contributed by atoms with Gasteiger partial charge >= 0.3 is 5.97 Å². The van der Waals surface area contributed by atoms with Crippen molar-refractivity contribution in [2.75, 3.05) is 6.61 Å². The van der Waals surface area contributed by atoms with Crippen LogP contribution in [0.4, 0.5) is 0 Å². The summed E-state index contributed by atoms with van der Waals surface area (Å²) in [5.74, 6) is 4.01. The van der Waals surface area contributed by atoms with E-state index in [4.69, 9.17) is 11.0 Å². The second kappa shape index (κ2) is 2.56. The summed E-state index contributed by atoms with van der Waals surface area (Å²) in [7, 11) is 0. The minimum absolute atomic E-state index is 0.141. The molecule has 1 aliphatic rings. The fraction of sp³-hybridized carbons (Fsp3) is 0.833. The molecule has 0 bridgehead atoms. The number of nitrogens with two attached hydrogens (primary N) is 1. The molecule has 0 saturated heterocycles. The quantitative estimate of drug-likeness (QED) is 0.554. The molecule has 0 radical (unpaired) electrons. The molecule has 1 rings (SSSR count). The Morgan fingerprint density at radius 2 is 2.30 bits per heavy atom. The van der Waals surface area contributed by atoms with E-state index in [0.29, 0.717) is 12.8 Å². The van der Waals surface area contributed by atoms with Crippen molar-refractivity contribution in [2.24, 2.45) is 11.3 Å². The third-order valence-corrected chi connectivity index (χ3v) is 2.12. The van der Waals surface area contributed by atoms with Gasteiger partial charge in [-0.3, -0.25) is 4.79 Å². The topological polar surface area (TPSA) is 72.5 Å². The molecule has 4 nitrogen and oxygen atoms in total. The third-order valence-electron chi connectivity index (χ3n) is 2.12. The van der Waals surface area contributed by atoms with E-state index in [1.54, 1.807) is 0 Å². The van der Waals surface area contributed by atoms with E-state index in [1.165, 1.54) is 0 Å². The number of hydrogen-bond acceptors (Lipinski definition) is 3. The Hall–Kier alpha value is -0.610. The van der Waals surface area contributed by atoms with Gasteiger partial charge in [0.1, 0.15) is 0 Å². The highest BCUT2D eigenvalue weighted by molar-refractivity contribution is 5.75. The molecule has 1 aliphatic carbocycles. The SMILES string of the molecule is NOCC1(C(=O)O)CCC1. The van der Waals surface area contributed by atoms with Gasteiger partial charge in [0.15, 0.2) is 0 Å². The molecule has 4 heteroatoms. The van der Waals surface area contributed by atoms with E-state index < -0.39 is 11.4 Å². The van der Waals surface area contributed by atoms with Crippen LogP contribution in [-0.4, -0.2) is 17.7 Å². The Morgan fingerprint density at radius 3 is 2.40 bits per heavy atom. The lowest BCUT2D eigenvalue weighted by atomic mass is 9.69. The second-order valence-corrected chi connectivity index (χ2v) is 2.75. The van der Waals surface area contributed by atoms with Crippen molar-refractivity contribution < 1.29 is 14.7 Å². The molecule has 0 spiro atoms. The maximum absolute atomic E-state index is 10.6. The Kier molecular flexibility index (Phi) is 1.92. The molecule has 0 aromatic rings. The number of rotatable bonds is 3. The summed E-state index contributed by atoms with van der Waals surface area (Å²) < 4.78 is 0. The first-order valence-electron chi connectivity index (χ1n) is 3.26. The monoisotopic (exact) mass is 145 g/mol. The van der Waals surface area contributed by atoms with Crippen LogP contribution in [-0.2, 0) is 9.63 Å². The van der Waals surface area contributed by atoms with Gasteiger partial charge in [-0.15, -0.1) is 0 Å². The third kappa shape index (κ3) is 0.998. The van der Waals surface area contributed by atoms with Crippen LogP contribution in [0.5, 0.6) is 0 Å². The zero-order chi connectivity index (χ0) is 7.61. The molecule has 0 aromatic carbocycles. The molecule has 0 aromatic heterocycles. The van der Waals surface area contributed by atoms with Crippen molar-refractivity contribution in [3.63, 3.8) is 0 Å². The molecule has 0 atom stereocenters. The number of carboxylic acids is 1. The van der Waals surface area contributed by atoms with E-state index in [0.717, 1.165) is 6.42 Å². The van der Waals surface area contributed by atoms with E-state index >= 15 is 0 Å². The smallest absolute Gasteiger partial charge is 0.312 e. The van der Waals surface area contributed by atoms with Crippen LogP contribution in [0, 0.1) is 5.41 Å². The summed E-state index contributed by atoms with van der Waals surface area (Å²) in [6.07, 6.45) is 2.36. The van der Waals surface area contributed by atoms with Crippen molar-refractivity contribution in [1.82, 2.24) is 0 Å². The molecule has 58 valence electrons. The largest absolute Gasteiger partial charge is 0.481 e. The fourth-order valence-electron chi connectivity index (χ4n) is 1.18.